The van der Waals surface area contributed by atoms with E-state index in [1.54, 1.807) is 0 Å². The Morgan fingerprint density at radius 2 is 1.06 bits per heavy atom. The summed E-state index contributed by atoms with van der Waals surface area (Å²) in [6.45, 7) is -1.45. The molecule has 0 aromatic heterocycles. The maximum Gasteiger partial charge on any atom is 0.309 e. The summed E-state index contributed by atoms with van der Waals surface area (Å²) >= 11 is 0. The minimum absolute atomic E-state index is 0.726. The molecule has 0 rings (SSSR count). The van der Waals surface area contributed by atoms with Crippen LogP contribution in [0.5, 0.6) is 0 Å². The number of hydrogen-bond acceptors (Lipinski definition) is 7. The molecule has 0 aliphatic carbocycles. The molecule has 9 heteroatoms. The number of nitrogens with two attached hydrogens (primary N) is 2. The van der Waals surface area contributed by atoms with Gasteiger partial charge in [0.25, 0.3) is 0 Å². The molecule has 0 spiro atoms. The number of urea groups is 1. The van der Waals surface area contributed by atoms with Crippen molar-refractivity contribution in [3.8, 4) is 0 Å². The largest absolute Gasteiger partial charge is 0.394 e. The Morgan fingerprint density at radius 3 is 1.19 bits per heavy atom. The van der Waals surface area contributed by atoms with Crippen molar-refractivity contribution in [2.45, 2.75) is 24.4 Å². The number of carbonyl (C=O) groups excluding carboxylic acids is 1. The number of aliphatic hydroxyl groups is 6. The molecule has 0 fully saturated rings. The van der Waals surface area contributed by atoms with Crippen molar-refractivity contribution < 1.29 is 35.4 Å². The fraction of sp³-hybridized carbons (Fsp3) is 0.857. The maximum atomic E-state index is 9.00. The Hall–Kier alpha value is -0.970. The Balaban J connectivity index is 0. The standard InChI is InChI=1S/C6H14O6.CH4N2O/c7-1-3(9)5(11)6(12)4(10)2-8;2-1(3)4/h3-12H,1-2H2;(H4,2,3,4)/t3-,4-,5-,6-;/m1./s1. The lowest BCUT2D eigenvalue weighted by Crippen LogP contribution is -2.46. The molecule has 0 aromatic rings. The lowest BCUT2D eigenvalue weighted by molar-refractivity contribution is -0.123. The van der Waals surface area contributed by atoms with Gasteiger partial charge in [-0.3, -0.25) is 0 Å². The Kier molecular flexibility index (Phi) is 10.1. The fourth-order valence-corrected chi connectivity index (χ4v) is 0.671. The van der Waals surface area contributed by atoms with E-state index >= 15 is 0 Å². The summed E-state index contributed by atoms with van der Waals surface area (Å²) in [6.07, 6.45) is -6.39. The van der Waals surface area contributed by atoms with Gasteiger partial charge in [-0.1, -0.05) is 0 Å². The lowest BCUT2D eigenvalue weighted by atomic mass is 10.0. The number of carbonyl (C=O) groups is 1. The van der Waals surface area contributed by atoms with Gasteiger partial charge in [-0.2, -0.15) is 0 Å². The van der Waals surface area contributed by atoms with Gasteiger partial charge in [0.15, 0.2) is 0 Å². The first kappa shape index (κ1) is 17.4. The van der Waals surface area contributed by atoms with E-state index in [9.17, 15) is 0 Å². The average molecular weight is 242 g/mol. The van der Waals surface area contributed by atoms with Crippen LogP contribution in [0.2, 0.25) is 0 Å². The molecule has 0 saturated carbocycles. The van der Waals surface area contributed by atoms with Gasteiger partial charge in [-0.05, 0) is 0 Å². The molecule has 0 radical (unpaired) electrons. The predicted molar refractivity (Wildman–Crippen MR) is 52.0 cm³/mol. The molecule has 0 saturated heterocycles. The molecule has 2 amide bonds. The summed E-state index contributed by atoms with van der Waals surface area (Å²) in [5.41, 5.74) is 8.50. The van der Waals surface area contributed by atoms with Crippen LogP contribution in [-0.4, -0.2) is 74.3 Å². The van der Waals surface area contributed by atoms with Crippen molar-refractivity contribution in [2.75, 3.05) is 13.2 Å². The van der Waals surface area contributed by atoms with Crippen molar-refractivity contribution in [1.82, 2.24) is 0 Å². The minimum Gasteiger partial charge on any atom is -0.394 e. The molecule has 0 bridgehead atoms. The van der Waals surface area contributed by atoms with Gasteiger partial charge in [0.05, 0.1) is 13.2 Å². The third-order valence-electron chi connectivity index (χ3n) is 1.51. The molecule has 10 N–H and O–H groups in total. The molecule has 9 nitrogen and oxygen atoms in total. The normalized spacial score (nSPS) is 17.6. The third-order valence-corrected chi connectivity index (χ3v) is 1.51. The van der Waals surface area contributed by atoms with E-state index in [0.717, 1.165) is 0 Å². The van der Waals surface area contributed by atoms with E-state index < -0.39 is 43.7 Å². The van der Waals surface area contributed by atoms with Crippen LogP contribution in [0.25, 0.3) is 0 Å². The third kappa shape index (κ3) is 8.35. The van der Waals surface area contributed by atoms with Crippen molar-refractivity contribution in [3.63, 3.8) is 0 Å². The van der Waals surface area contributed by atoms with Gasteiger partial charge < -0.3 is 42.1 Å². The van der Waals surface area contributed by atoms with Crippen LogP contribution in [0.1, 0.15) is 0 Å². The van der Waals surface area contributed by atoms with Gasteiger partial charge in [0.2, 0.25) is 0 Å². The smallest absolute Gasteiger partial charge is 0.309 e. The van der Waals surface area contributed by atoms with E-state index in [0.29, 0.717) is 0 Å². The van der Waals surface area contributed by atoms with E-state index in [2.05, 4.69) is 11.5 Å². The van der Waals surface area contributed by atoms with Crippen molar-refractivity contribution in [1.29, 1.82) is 0 Å². The highest BCUT2D eigenvalue weighted by molar-refractivity contribution is 5.69. The molecule has 0 aliphatic rings. The monoisotopic (exact) mass is 242 g/mol. The predicted octanol–water partition coefficient (Wildman–Crippen LogP) is -4.56. The van der Waals surface area contributed by atoms with Crippen molar-refractivity contribution in [3.05, 3.63) is 0 Å². The first-order valence-corrected chi connectivity index (χ1v) is 4.26. The topological polar surface area (TPSA) is 190 Å². The van der Waals surface area contributed by atoms with Crippen molar-refractivity contribution >= 4 is 6.03 Å². The summed E-state index contributed by atoms with van der Waals surface area (Å²) in [7, 11) is 0. The zero-order valence-corrected chi connectivity index (χ0v) is 8.47. The number of aliphatic hydroxyl groups excluding tert-OH is 6. The van der Waals surface area contributed by atoms with Crippen LogP contribution in [0, 0.1) is 0 Å². The van der Waals surface area contributed by atoms with Gasteiger partial charge >= 0.3 is 6.03 Å². The summed E-state index contributed by atoms with van der Waals surface area (Å²) < 4.78 is 0. The average Bonchev–Trinajstić information content (AvgIpc) is 2.24. The SMILES string of the molecule is NC(N)=O.OC[C@@H](O)[C@@H](O)[C@H](O)[C@H](O)CO. The highest BCUT2D eigenvalue weighted by Crippen LogP contribution is 2.03. The van der Waals surface area contributed by atoms with Gasteiger partial charge in [0, 0.05) is 0 Å². The minimum atomic E-state index is -1.67. The zero-order chi connectivity index (χ0) is 13.3. The zero-order valence-electron chi connectivity index (χ0n) is 8.47. The van der Waals surface area contributed by atoms with Crippen molar-refractivity contribution in [2.24, 2.45) is 11.5 Å². The molecule has 0 unspecified atom stereocenters. The molecule has 0 heterocycles. The Bertz CT molecular complexity index is 174. The van der Waals surface area contributed by atoms with Crippen LogP contribution < -0.4 is 11.5 Å². The second-order valence-electron chi connectivity index (χ2n) is 2.88. The highest BCUT2D eigenvalue weighted by Gasteiger charge is 2.29. The molecular weight excluding hydrogens is 224 g/mol. The lowest BCUT2D eigenvalue weighted by Gasteiger charge is -2.24. The molecule has 16 heavy (non-hydrogen) atoms. The molecular formula is C7H18N2O7. The molecule has 0 aromatic carbocycles. The van der Waals surface area contributed by atoms with Crippen LogP contribution >= 0.6 is 0 Å². The summed E-state index contributed by atoms with van der Waals surface area (Å²) in [4.78, 5) is 9.00. The first-order chi connectivity index (χ1) is 7.27. The van der Waals surface area contributed by atoms with Gasteiger partial charge in [-0.15, -0.1) is 0 Å². The summed E-state index contributed by atoms with van der Waals surface area (Å²) in [6, 6.07) is -0.833. The summed E-state index contributed by atoms with van der Waals surface area (Å²) in [5.74, 6) is 0. The van der Waals surface area contributed by atoms with E-state index in [1.165, 1.54) is 0 Å². The number of hydrogen-bond donors (Lipinski definition) is 8. The number of rotatable bonds is 5. The van der Waals surface area contributed by atoms with Crippen LogP contribution in [0.15, 0.2) is 0 Å². The Morgan fingerprint density at radius 1 is 0.875 bits per heavy atom. The van der Waals surface area contributed by atoms with Gasteiger partial charge in [0.1, 0.15) is 24.4 Å². The van der Waals surface area contributed by atoms with Crippen LogP contribution in [0.4, 0.5) is 4.79 Å². The molecule has 98 valence electrons. The van der Waals surface area contributed by atoms with E-state index in [1.807, 2.05) is 0 Å². The second-order valence-corrected chi connectivity index (χ2v) is 2.88. The molecule has 0 aliphatic heterocycles. The quantitative estimate of drug-likeness (QED) is 0.238. The molecule has 4 atom stereocenters. The second kappa shape index (κ2) is 9.27. The van der Waals surface area contributed by atoms with Gasteiger partial charge in [-0.25, -0.2) is 4.79 Å². The fourth-order valence-electron chi connectivity index (χ4n) is 0.671. The first-order valence-electron chi connectivity index (χ1n) is 4.26. The van der Waals surface area contributed by atoms with E-state index in [4.69, 9.17) is 35.4 Å². The van der Waals surface area contributed by atoms with Crippen LogP contribution in [0.3, 0.4) is 0 Å². The maximum absolute atomic E-state index is 9.00. The highest BCUT2D eigenvalue weighted by atomic mass is 16.4. The van der Waals surface area contributed by atoms with E-state index in [-0.39, 0.29) is 0 Å². The number of amides is 2. The van der Waals surface area contributed by atoms with Crippen LogP contribution in [-0.2, 0) is 0 Å². The number of primary amides is 2. The summed E-state index contributed by atoms with van der Waals surface area (Å²) in [5, 5.41) is 52.2. The Labute approximate surface area is 91.5 Å².